The Morgan fingerprint density at radius 1 is 0.806 bits per heavy atom. The van der Waals surface area contributed by atoms with Gasteiger partial charge in [0, 0.05) is 23.5 Å². The Hall–Kier alpha value is -3.08. The summed E-state index contributed by atoms with van der Waals surface area (Å²) in [4.78, 5) is 26.4. The Balaban J connectivity index is 1.59. The predicted molar refractivity (Wildman–Crippen MR) is 146 cm³/mol. The van der Waals surface area contributed by atoms with E-state index in [9.17, 15) is 9.59 Å². The van der Waals surface area contributed by atoms with Crippen LogP contribution in [-0.4, -0.2) is 29.5 Å². The fourth-order valence-electron chi connectivity index (χ4n) is 4.71. The lowest BCUT2D eigenvalue weighted by molar-refractivity contribution is 0.0513. The summed E-state index contributed by atoms with van der Waals surface area (Å²) in [5.74, 6) is -0.0261. The van der Waals surface area contributed by atoms with Crippen molar-refractivity contribution in [2.24, 2.45) is 7.05 Å². The number of benzene rings is 2. The molecular formula is C31H41NO4. The largest absolute Gasteiger partial charge is 0.494 e. The Labute approximate surface area is 215 Å². The van der Waals surface area contributed by atoms with Gasteiger partial charge in [-0.2, -0.15) is 0 Å². The van der Waals surface area contributed by atoms with E-state index < -0.39 is 5.97 Å². The maximum atomic E-state index is 13.6. The molecule has 1 aromatic heterocycles. The van der Waals surface area contributed by atoms with Gasteiger partial charge >= 0.3 is 5.97 Å². The van der Waals surface area contributed by atoms with Crippen LogP contribution in [0.2, 0.25) is 0 Å². The number of unbranched alkanes of at least 4 members (excludes halogenated alkanes) is 9. The highest BCUT2D eigenvalue weighted by Crippen LogP contribution is 2.29. The Morgan fingerprint density at radius 2 is 1.47 bits per heavy atom. The number of carbonyl (C=O) groups excluding carboxylic acids is 2. The van der Waals surface area contributed by atoms with Gasteiger partial charge in [-0.15, -0.1) is 0 Å². The molecule has 3 aromatic rings. The highest BCUT2D eigenvalue weighted by Gasteiger charge is 2.27. The summed E-state index contributed by atoms with van der Waals surface area (Å²) in [6.07, 6.45) is 12.8. The van der Waals surface area contributed by atoms with Gasteiger partial charge < -0.3 is 14.0 Å². The van der Waals surface area contributed by atoms with Crippen LogP contribution in [0.5, 0.6) is 5.75 Å². The highest BCUT2D eigenvalue weighted by molar-refractivity contribution is 6.21. The second-order valence-electron chi connectivity index (χ2n) is 9.41. The summed E-state index contributed by atoms with van der Waals surface area (Å²) in [6, 6.07) is 14.8. The summed E-state index contributed by atoms with van der Waals surface area (Å²) in [6.45, 7) is 4.90. The third kappa shape index (κ3) is 7.22. The molecule has 0 saturated carbocycles. The van der Waals surface area contributed by atoms with E-state index >= 15 is 0 Å². The van der Waals surface area contributed by atoms with Crippen LogP contribution in [0.3, 0.4) is 0 Å². The van der Waals surface area contributed by atoms with E-state index in [1.54, 1.807) is 30.7 Å². The molecule has 5 heteroatoms. The lowest BCUT2D eigenvalue weighted by Crippen LogP contribution is -2.15. The summed E-state index contributed by atoms with van der Waals surface area (Å²) < 4.78 is 13.0. The van der Waals surface area contributed by atoms with Gasteiger partial charge in [0.05, 0.1) is 18.8 Å². The first-order chi connectivity index (χ1) is 17.6. The van der Waals surface area contributed by atoms with E-state index in [0.717, 1.165) is 23.7 Å². The minimum absolute atomic E-state index is 0.209. The van der Waals surface area contributed by atoms with Gasteiger partial charge in [0.1, 0.15) is 11.4 Å². The number of rotatable bonds is 16. The molecule has 1 heterocycles. The van der Waals surface area contributed by atoms with Gasteiger partial charge in [0.25, 0.3) is 0 Å². The van der Waals surface area contributed by atoms with E-state index in [0.29, 0.717) is 23.5 Å². The molecular weight excluding hydrogens is 450 g/mol. The molecule has 0 spiro atoms. The Bertz CT molecular complexity index is 1130. The monoisotopic (exact) mass is 491 g/mol. The van der Waals surface area contributed by atoms with Crippen molar-refractivity contribution < 1.29 is 19.1 Å². The number of hydrogen-bond donors (Lipinski definition) is 0. The van der Waals surface area contributed by atoms with Crippen LogP contribution in [0, 0.1) is 0 Å². The Morgan fingerprint density at radius 3 is 2.17 bits per heavy atom. The maximum absolute atomic E-state index is 13.6. The second kappa shape index (κ2) is 14.5. The average molecular weight is 492 g/mol. The van der Waals surface area contributed by atoms with Crippen molar-refractivity contribution in [3.63, 3.8) is 0 Å². The van der Waals surface area contributed by atoms with Crippen molar-refractivity contribution in [3.8, 4) is 5.75 Å². The van der Waals surface area contributed by atoms with E-state index in [1.165, 1.54) is 51.4 Å². The van der Waals surface area contributed by atoms with Crippen LogP contribution >= 0.6 is 0 Å². The van der Waals surface area contributed by atoms with E-state index in [4.69, 9.17) is 9.47 Å². The first kappa shape index (κ1) is 27.5. The average Bonchev–Trinajstić information content (AvgIpc) is 3.19. The molecule has 3 rings (SSSR count). The number of esters is 1. The van der Waals surface area contributed by atoms with Crippen molar-refractivity contribution in [2.45, 2.75) is 78.1 Å². The molecule has 0 saturated heterocycles. The van der Waals surface area contributed by atoms with Gasteiger partial charge in [0.2, 0.25) is 0 Å². The predicted octanol–water partition coefficient (Wildman–Crippen LogP) is 7.89. The number of hydrogen-bond acceptors (Lipinski definition) is 4. The zero-order valence-electron chi connectivity index (χ0n) is 22.2. The first-order valence-corrected chi connectivity index (χ1v) is 13.6. The van der Waals surface area contributed by atoms with Crippen molar-refractivity contribution in [1.29, 1.82) is 0 Å². The molecule has 2 aromatic carbocycles. The normalized spacial score (nSPS) is 11.1. The van der Waals surface area contributed by atoms with Crippen molar-refractivity contribution in [3.05, 3.63) is 65.4 Å². The van der Waals surface area contributed by atoms with Crippen molar-refractivity contribution >= 4 is 22.7 Å². The molecule has 0 unspecified atom stereocenters. The van der Waals surface area contributed by atoms with Gasteiger partial charge in [-0.25, -0.2) is 4.79 Å². The van der Waals surface area contributed by atoms with Crippen LogP contribution in [-0.2, 0) is 11.8 Å². The molecule has 194 valence electrons. The van der Waals surface area contributed by atoms with Crippen LogP contribution in [0.4, 0.5) is 0 Å². The van der Waals surface area contributed by atoms with Gasteiger partial charge in [-0.05, 0) is 31.5 Å². The molecule has 0 atom stereocenters. The van der Waals surface area contributed by atoms with Crippen molar-refractivity contribution in [2.75, 3.05) is 13.2 Å². The van der Waals surface area contributed by atoms with E-state index in [2.05, 4.69) is 6.92 Å². The topological polar surface area (TPSA) is 57.5 Å². The minimum atomic E-state index is -0.493. The fraction of sp³-hybridized carbons (Fsp3) is 0.484. The molecule has 5 nitrogen and oxygen atoms in total. The summed E-state index contributed by atoms with van der Waals surface area (Å²) in [7, 11) is 1.79. The van der Waals surface area contributed by atoms with Crippen LogP contribution < -0.4 is 4.74 Å². The number of ketones is 1. The standard InChI is InChI=1S/C31H41NO4/c1-4-6-7-8-9-10-11-12-13-16-22-36-25-19-17-18-24(23-25)30(33)28-26-20-14-15-21-27(26)32(3)29(28)31(34)35-5-2/h14-15,17-21,23H,4-13,16,22H2,1-3H3. The van der Waals surface area contributed by atoms with Crippen LogP contribution in [0.25, 0.3) is 10.9 Å². The van der Waals surface area contributed by atoms with E-state index in [1.807, 2.05) is 36.4 Å². The molecule has 0 aliphatic heterocycles. The fourth-order valence-corrected chi connectivity index (χ4v) is 4.71. The van der Waals surface area contributed by atoms with Gasteiger partial charge in [0.15, 0.2) is 5.78 Å². The molecule has 0 radical (unpaired) electrons. The zero-order valence-corrected chi connectivity index (χ0v) is 22.2. The lowest BCUT2D eigenvalue weighted by Gasteiger charge is -2.09. The van der Waals surface area contributed by atoms with Crippen LogP contribution in [0.15, 0.2) is 48.5 Å². The molecule has 0 aliphatic carbocycles. The summed E-state index contributed by atoms with van der Waals surface area (Å²) in [5.41, 5.74) is 1.97. The minimum Gasteiger partial charge on any atom is -0.494 e. The maximum Gasteiger partial charge on any atom is 0.355 e. The van der Waals surface area contributed by atoms with Crippen molar-refractivity contribution in [1.82, 2.24) is 4.57 Å². The molecule has 36 heavy (non-hydrogen) atoms. The van der Waals surface area contributed by atoms with Gasteiger partial charge in [-0.3, -0.25) is 4.79 Å². The molecule has 0 fully saturated rings. The molecule has 0 N–H and O–H groups in total. The molecule has 0 bridgehead atoms. The number of carbonyl (C=O) groups is 2. The smallest absolute Gasteiger partial charge is 0.355 e. The summed E-state index contributed by atoms with van der Waals surface area (Å²) in [5, 5.41) is 0.740. The Kier molecular flexibility index (Phi) is 11.1. The lowest BCUT2D eigenvalue weighted by atomic mass is 10.00. The SMILES string of the molecule is CCCCCCCCCCCCOc1cccc(C(=O)c2c(C(=O)OCC)n(C)c3ccccc23)c1. The number of fused-ring (bicyclic) bond motifs is 1. The third-order valence-electron chi connectivity index (χ3n) is 6.67. The number of para-hydroxylation sites is 1. The summed E-state index contributed by atoms with van der Waals surface area (Å²) >= 11 is 0. The number of aryl methyl sites for hydroxylation is 1. The molecule has 0 aliphatic rings. The number of nitrogens with zero attached hydrogens (tertiary/aromatic N) is 1. The van der Waals surface area contributed by atoms with Crippen LogP contribution in [0.1, 0.15) is 104 Å². The number of aromatic nitrogens is 1. The quantitative estimate of drug-likeness (QED) is 0.116. The highest BCUT2D eigenvalue weighted by atomic mass is 16.5. The van der Waals surface area contributed by atoms with E-state index in [-0.39, 0.29) is 18.1 Å². The molecule has 0 amide bonds. The number of ether oxygens (including phenoxy) is 2. The second-order valence-corrected chi connectivity index (χ2v) is 9.41. The first-order valence-electron chi connectivity index (χ1n) is 13.6. The third-order valence-corrected chi connectivity index (χ3v) is 6.67. The zero-order chi connectivity index (χ0) is 25.8. The van der Waals surface area contributed by atoms with Gasteiger partial charge in [-0.1, -0.05) is 95.0 Å².